The predicted molar refractivity (Wildman–Crippen MR) is 78.6 cm³/mol. The fourth-order valence-electron chi connectivity index (χ4n) is 2.27. The zero-order valence-corrected chi connectivity index (χ0v) is 12.3. The van der Waals surface area contributed by atoms with Crippen LogP contribution >= 0.6 is 11.6 Å². The summed E-state index contributed by atoms with van der Waals surface area (Å²) in [6, 6.07) is 3.80. The van der Waals surface area contributed by atoms with Crippen molar-refractivity contribution in [3.63, 3.8) is 0 Å². The van der Waals surface area contributed by atoms with Crippen molar-refractivity contribution in [2.45, 2.75) is 33.7 Å². The van der Waals surface area contributed by atoms with Gasteiger partial charge >= 0.3 is 0 Å². The number of rotatable bonds is 3. The number of hydrogen-bond acceptors (Lipinski definition) is 4. The SMILES string of the molecule is Cc1cc(N)c(Cl)cc1NC(C)c1c(C)noc1C. The molecule has 1 atom stereocenters. The first kappa shape index (κ1) is 13.7. The van der Waals surface area contributed by atoms with E-state index >= 15 is 0 Å². The molecule has 0 aliphatic rings. The molecule has 0 radical (unpaired) electrons. The summed E-state index contributed by atoms with van der Waals surface area (Å²) >= 11 is 6.06. The van der Waals surface area contributed by atoms with Crippen molar-refractivity contribution in [3.8, 4) is 0 Å². The number of anilines is 2. The van der Waals surface area contributed by atoms with Gasteiger partial charge in [-0.25, -0.2) is 0 Å². The van der Waals surface area contributed by atoms with E-state index in [0.29, 0.717) is 10.7 Å². The van der Waals surface area contributed by atoms with Crippen molar-refractivity contribution in [1.29, 1.82) is 0 Å². The third-order valence-electron chi connectivity index (χ3n) is 3.24. The van der Waals surface area contributed by atoms with Gasteiger partial charge in [0.2, 0.25) is 0 Å². The number of aromatic nitrogens is 1. The Hall–Kier alpha value is -1.68. The van der Waals surface area contributed by atoms with Crippen molar-refractivity contribution in [3.05, 3.63) is 39.7 Å². The summed E-state index contributed by atoms with van der Waals surface area (Å²) in [5.41, 5.74) is 10.4. The van der Waals surface area contributed by atoms with Crippen LogP contribution in [0.1, 0.15) is 35.5 Å². The lowest BCUT2D eigenvalue weighted by Gasteiger charge is -2.18. The molecule has 0 aliphatic heterocycles. The minimum absolute atomic E-state index is 0.0876. The quantitative estimate of drug-likeness (QED) is 0.833. The molecule has 1 aromatic heterocycles. The number of aryl methyl sites for hydroxylation is 3. The fourth-order valence-corrected chi connectivity index (χ4v) is 2.44. The Labute approximate surface area is 117 Å². The Morgan fingerprint density at radius 2 is 2.00 bits per heavy atom. The molecule has 5 heteroatoms. The van der Waals surface area contributed by atoms with Crippen LogP contribution in [0.3, 0.4) is 0 Å². The lowest BCUT2D eigenvalue weighted by molar-refractivity contribution is 0.392. The van der Waals surface area contributed by atoms with Crippen molar-refractivity contribution in [1.82, 2.24) is 5.16 Å². The number of benzene rings is 1. The number of hydrogen-bond donors (Lipinski definition) is 2. The number of nitrogen functional groups attached to an aromatic ring is 1. The maximum absolute atomic E-state index is 6.06. The molecule has 0 bridgehead atoms. The maximum Gasteiger partial charge on any atom is 0.139 e. The minimum Gasteiger partial charge on any atom is -0.398 e. The third kappa shape index (κ3) is 2.68. The molecule has 3 N–H and O–H groups in total. The highest BCUT2D eigenvalue weighted by Gasteiger charge is 2.17. The third-order valence-corrected chi connectivity index (χ3v) is 3.56. The van der Waals surface area contributed by atoms with Gasteiger partial charge in [0.25, 0.3) is 0 Å². The van der Waals surface area contributed by atoms with Crippen LogP contribution in [0.25, 0.3) is 0 Å². The van der Waals surface area contributed by atoms with E-state index in [4.69, 9.17) is 21.9 Å². The van der Waals surface area contributed by atoms with Crippen LogP contribution in [0, 0.1) is 20.8 Å². The number of nitrogens with two attached hydrogens (primary N) is 1. The molecule has 0 saturated carbocycles. The molecule has 2 aromatic rings. The molecule has 0 saturated heterocycles. The second-order valence-electron chi connectivity index (χ2n) is 4.79. The van der Waals surface area contributed by atoms with Crippen LogP contribution in [0.4, 0.5) is 11.4 Å². The van der Waals surface area contributed by atoms with E-state index < -0.39 is 0 Å². The van der Waals surface area contributed by atoms with Crippen LogP contribution < -0.4 is 11.1 Å². The zero-order valence-electron chi connectivity index (χ0n) is 11.5. The molecule has 1 heterocycles. The average molecular weight is 280 g/mol. The van der Waals surface area contributed by atoms with Gasteiger partial charge in [0.15, 0.2) is 0 Å². The van der Waals surface area contributed by atoms with Gasteiger partial charge in [0.05, 0.1) is 22.4 Å². The van der Waals surface area contributed by atoms with Gasteiger partial charge in [0, 0.05) is 11.3 Å². The van der Waals surface area contributed by atoms with E-state index in [1.807, 2.05) is 32.9 Å². The van der Waals surface area contributed by atoms with Gasteiger partial charge in [-0.2, -0.15) is 0 Å². The molecule has 2 rings (SSSR count). The first-order valence-corrected chi connectivity index (χ1v) is 6.53. The topological polar surface area (TPSA) is 64.1 Å². The molecule has 0 amide bonds. The molecule has 102 valence electrons. The zero-order chi connectivity index (χ0) is 14.2. The largest absolute Gasteiger partial charge is 0.398 e. The van der Waals surface area contributed by atoms with E-state index in [-0.39, 0.29) is 6.04 Å². The Morgan fingerprint density at radius 3 is 2.58 bits per heavy atom. The van der Waals surface area contributed by atoms with Crippen molar-refractivity contribution in [2.75, 3.05) is 11.1 Å². The summed E-state index contributed by atoms with van der Waals surface area (Å²) in [5, 5.41) is 7.95. The molecule has 0 fully saturated rings. The molecule has 19 heavy (non-hydrogen) atoms. The smallest absolute Gasteiger partial charge is 0.139 e. The maximum atomic E-state index is 6.06. The molecule has 0 spiro atoms. The van der Waals surface area contributed by atoms with Gasteiger partial charge in [-0.1, -0.05) is 16.8 Å². The summed E-state index contributed by atoms with van der Waals surface area (Å²) < 4.78 is 5.19. The summed E-state index contributed by atoms with van der Waals surface area (Å²) in [6.07, 6.45) is 0. The Balaban J connectivity index is 2.29. The van der Waals surface area contributed by atoms with E-state index in [1.54, 1.807) is 0 Å². The molecule has 1 aromatic carbocycles. The van der Waals surface area contributed by atoms with Gasteiger partial charge in [-0.05, 0) is 45.4 Å². The molecule has 1 unspecified atom stereocenters. The van der Waals surface area contributed by atoms with Crippen LogP contribution in [-0.4, -0.2) is 5.16 Å². The van der Waals surface area contributed by atoms with E-state index in [9.17, 15) is 0 Å². The average Bonchev–Trinajstić information content (AvgIpc) is 2.66. The summed E-state index contributed by atoms with van der Waals surface area (Å²) in [4.78, 5) is 0. The van der Waals surface area contributed by atoms with Gasteiger partial charge < -0.3 is 15.6 Å². The molecular weight excluding hydrogens is 262 g/mol. The summed E-state index contributed by atoms with van der Waals surface area (Å²) in [6.45, 7) is 7.91. The summed E-state index contributed by atoms with van der Waals surface area (Å²) in [7, 11) is 0. The predicted octanol–water partition coefficient (Wildman–Crippen LogP) is 4.01. The summed E-state index contributed by atoms with van der Waals surface area (Å²) in [5.74, 6) is 0.830. The Kier molecular flexibility index (Phi) is 3.71. The Bertz CT molecular complexity index is 587. The number of nitrogens with one attached hydrogen (secondary N) is 1. The van der Waals surface area contributed by atoms with Crippen molar-refractivity contribution < 1.29 is 4.52 Å². The lowest BCUT2D eigenvalue weighted by Crippen LogP contribution is -2.09. The molecule has 4 nitrogen and oxygen atoms in total. The van der Waals surface area contributed by atoms with Crippen LogP contribution in [0.5, 0.6) is 0 Å². The van der Waals surface area contributed by atoms with Crippen molar-refractivity contribution >= 4 is 23.0 Å². The van der Waals surface area contributed by atoms with E-state index in [0.717, 1.165) is 28.3 Å². The van der Waals surface area contributed by atoms with E-state index in [2.05, 4.69) is 17.4 Å². The van der Waals surface area contributed by atoms with Crippen molar-refractivity contribution in [2.24, 2.45) is 0 Å². The second-order valence-corrected chi connectivity index (χ2v) is 5.20. The van der Waals surface area contributed by atoms with Crippen LogP contribution in [-0.2, 0) is 0 Å². The number of halogens is 1. The Morgan fingerprint density at radius 1 is 1.32 bits per heavy atom. The van der Waals surface area contributed by atoms with Gasteiger partial charge in [0.1, 0.15) is 5.76 Å². The first-order chi connectivity index (χ1) is 8.90. The highest BCUT2D eigenvalue weighted by molar-refractivity contribution is 6.33. The normalized spacial score (nSPS) is 12.5. The minimum atomic E-state index is 0.0876. The highest BCUT2D eigenvalue weighted by Crippen LogP contribution is 2.30. The lowest BCUT2D eigenvalue weighted by atomic mass is 10.1. The van der Waals surface area contributed by atoms with Crippen LogP contribution in [0.2, 0.25) is 5.02 Å². The highest BCUT2D eigenvalue weighted by atomic mass is 35.5. The van der Waals surface area contributed by atoms with Crippen LogP contribution in [0.15, 0.2) is 16.7 Å². The first-order valence-electron chi connectivity index (χ1n) is 6.15. The monoisotopic (exact) mass is 279 g/mol. The molecule has 0 aliphatic carbocycles. The standard InChI is InChI=1S/C14H18ClN3O/c1-7-5-12(16)11(15)6-13(7)17-8(2)14-9(3)18-19-10(14)4/h5-6,8,17H,16H2,1-4H3. The van der Waals surface area contributed by atoms with E-state index in [1.165, 1.54) is 0 Å². The molecular formula is C14H18ClN3O. The van der Waals surface area contributed by atoms with Gasteiger partial charge in [-0.15, -0.1) is 0 Å². The number of nitrogens with zero attached hydrogens (tertiary/aromatic N) is 1. The van der Waals surface area contributed by atoms with Gasteiger partial charge in [-0.3, -0.25) is 0 Å². The second kappa shape index (κ2) is 5.13. The fraction of sp³-hybridized carbons (Fsp3) is 0.357.